The molecule has 0 aliphatic carbocycles. The van der Waals surface area contributed by atoms with Crippen molar-refractivity contribution in [3.8, 4) is 17.1 Å². The number of anilines is 1. The summed E-state index contributed by atoms with van der Waals surface area (Å²) in [5.74, 6) is -0.212. The first-order chi connectivity index (χ1) is 14.4. The van der Waals surface area contributed by atoms with Crippen molar-refractivity contribution in [2.24, 2.45) is 0 Å². The van der Waals surface area contributed by atoms with Gasteiger partial charge in [-0.25, -0.2) is 14.1 Å². The molecule has 4 aromatic rings. The summed E-state index contributed by atoms with van der Waals surface area (Å²) in [5.41, 5.74) is 5.44. The van der Waals surface area contributed by atoms with Gasteiger partial charge in [0.2, 0.25) is 5.82 Å². The number of nitrogens with zero attached hydrogens (tertiary/aromatic N) is 3. The molecule has 4 rings (SSSR count). The largest absolute Gasteiger partial charge is 0.319 e. The summed E-state index contributed by atoms with van der Waals surface area (Å²) in [6, 6.07) is 19.4. The standard InChI is InChI=1S/C24H21FN4O/c1-15-4-7-18(8-5-15)23-27-22(28-29(23)21-12-9-19(25)10-13-21)24(30)26-20-11-6-16(2)17(3)14-20/h4-14H,1-3H3,(H,26,30). The Balaban J connectivity index is 1.74. The summed E-state index contributed by atoms with van der Waals surface area (Å²) in [4.78, 5) is 17.3. The topological polar surface area (TPSA) is 59.8 Å². The highest BCUT2D eigenvalue weighted by Gasteiger charge is 2.19. The molecule has 1 heterocycles. The first-order valence-electron chi connectivity index (χ1n) is 9.59. The molecule has 0 fully saturated rings. The molecule has 0 atom stereocenters. The predicted molar refractivity (Wildman–Crippen MR) is 115 cm³/mol. The summed E-state index contributed by atoms with van der Waals surface area (Å²) >= 11 is 0. The molecule has 0 unspecified atom stereocenters. The Labute approximate surface area is 174 Å². The smallest absolute Gasteiger partial charge is 0.295 e. The van der Waals surface area contributed by atoms with Crippen LogP contribution in [-0.2, 0) is 0 Å². The van der Waals surface area contributed by atoms with Crippen molar-refractivity contribution in [3.05, 3.63) is 95.1 Å². The minimum Gasteiger partial charge on any atom is -0.319 e. The maximum Gasteiger partial charge on any atom is 0.295 e. The van der Waals surface area contributed by atoms with Crippen molar-refractivity contribution < 1.29 is 9.18 Å². The fourth-order valence-corrected chi connectivity index (χ4v) is 3.07. The van der Waals surface area contributed by atoms with Gasteiger partial charge in [0.15, 0.2) is 5.82 Å². The predicted octanol–water partition coefficient (Wildman–Crippen LogP) is 5.25. The maximum absolute atomic E-state index is 13.4. The van der Waals surface area contributed by atoms with E-state index in [9.17, 15) is 9.18 Å². The lowest BCUT2D eigenvalue weighted by Crippen LogP contribution is -2.14. The van der Waals surface area contributed by atoms with Gasteiger partial charge in [0, 0.05) is 11.3 Å². The van der Waals surface area contributed by atoms with E-state index < -0.39 is 5.91 Å². The van der Waals surface area contributed by atoms with Crippen LogP contribution in [0.4, 0.5) is 10.1 Å². The molecule has 0 aliphatic heterocycles. The van der Waals surface area contributed by atoms with E-state index in [2.05, 4.69) is 15.4 Å². The fourth-order valence-electron chi connectivity index (χ4n) is 3.07. The van der Waals surface area contributed by atoms with Crippen LogP contribution in [0.15, 0.2) is 66.7 Å². The third-order valence-electron chi connectivity index (χ3n) is 4.96. The highest BCUT2D eigenvalue weighted by Crippen LogP contribution is 2.23. The summed E-state index contributed by atoms with van der Waals surface area (Å²) in [6.45, 7) is 6.00. The second kappa shape index (κ2) is 7.91. The fraction of sp³-hybridized carbons (Fsp3) is 0.125. The number of aryl methyl sites for hydroxylation is 3. The van der Waals surface area contributed by atoms with Crippen LogP contribution >= 0.6 is 0 Å². The molecule has 0 bridgehead atoms. The Morgan fingerprint density at radius 3 is 2.27 bits per heavy atom. The number of carbonyl (C=O) groups excluding carboxylic acids is 1. The van der Waals surface area contributed by atoms with E-state index in [4.69, 9.17) is 0 Å². The highest BCUT2D eigenvalue weighted by molar-refractivity contribution is 6.01. The third kappa shape index (κ3) is 3.98. The lowest BCUT2D eigenvalue weighted by atomic mass is 10.1. The van der Waals surface area contributed by atoms with Gasteiger partial charge in [-0.3, -0.25) is 4.79 Å². The van der Waals surface area contributed by atoms with Crippen molar-refractivity contribution in [2.75, 3.05) is 5.32 Å². The average molecular weight is 400 g/mol. The van der Waals surface area contributed by atoms with Gasteiger partial charge >= 0.3 is 0 Å². The Bertz CT molecular complexity index is 1150. The molecule has 3 aromatic carbocycles. The molecule has 1 amide bonds. The van der Waals surface area contributed by atoms with Crippen LogP contribution in [0.25, 0.3) is 17.1 Å². The lowest BCUT2D eigenvalue weighted by Gasteiger charge is -2.06. The third-order valence-corrected chi connectivity index (χ3v) is 4.96. The Hall–Kier alpha value is -3.80. The van der Waals surface area contributed by atoms with Crippen LogP contribution in [0.2, 0.25) is 0 Å². The average Bonchev–Trinajstić information content (AvgIpc) is 3.17. The normalized spacial score (nSPS) is 10.8. The van der Waals surface area contributed by atoms with Gasteiger partial charge in [0.25, 0.3) is 5.91 Å². The second-order valence-corrected chi connectivity index (χ2v) is 7.27. The van der Waals surface area contributed by atoms with Gasteiger partial charge in [-0.15, -0.1) is 5.10 Å². The van der Waals surface area contributed by atoms with Crippen LogP contribution in [0, 0.1) is 26.6 Å². The number of hydrogen-bond donors (Lipinski definition) is 1. The van der Waals surface area contributed by atoms with E-state index >= 15 is 0 Å². The second-order valence-electron chi connectivity index (χ2n) is 7.27. The molecule has 30 heavy (non-hydrogen) atoms. The zero-order valence-corrected chi connectivity index (χ0v) is 17.0. The van der Waals surface area contributed by atoms with Gasteiger partial charge in [-0.1, -0.05) is 35.9 Å². The number of benzene rings is 3. The molecule has 0 aliphatic rings. The van der Waals surface area contributed by atoms with Crippen LogP contribution in [0.1, 0.15) is 27.3 Å². The first kappa shape index (κ1) is 19.5. The zero-order chi connectivity index (χ0) is 21.3. The molecule has 0 radical (unpaired) electrons. The number of hydrogen-bond acceptors (Lipinski definition) is 3. The van der Waals surface area contributed by atoms with Crippen molar-refractivity contribution in [2.45, 2.75) is 20.8 Å². The lowest BCUT2D eigenvalue weighted by molar-refractivity contribution is 0.101. The molecule has 0 saturated heterocycles. The minimum absolute atomic E-state index is 0.0353. The zero-order valence-electron chi connectivity index (χ0n) is 17.0. The molecule has 1 aromatic heterocycles. The van der Waals surface area contributed by atoms with E-state index in [1.54, 1.807) is 16.8 Å². The highest BCUT2D eigenvalue weighted by atomic mass is 19.1. The van der Waals surface area contributed by atoms with Crippen LogP contribution in [-0.4, -0.2) is 20.7 Å². The number of carbonyl (C=O) groups is 1. The Morgan fingerprint density at radius 2 is 1.60 bits per heavy atom. The molecule has 6 heteroatoms. The van der Waals surface area contributed by atoms with Gasteiger partial charge in [-0.05, 0) is 68.3 Å². The van der Waals surface area contributed by atoms with Crippen LogP contribution in [0.3, 0.4) is 0 Å². The molecule has 1 N–H and O–H groups in total. The van der Waals surface area contributed by atoms with E-state index in [-0.39, 0.29) is 11.6 Å². The first-order valence-corrected chi connectivity index (χ1v) is 9.59. The molecule has 5 nitrogen and oxygen atoms in total. The van der Waals surface area contributed by atoms with Crippen LogP contribution < -0.4 is 5.32 Å². The minimum atomic E-state index is -0.410. The number of halogens is 1. The molecular weight excluding hydrogens is 379 g/mol. The van der Waals surface area contributed by atoms with Gasteiger partial charge in [0.1, 0.15) is 5.82 Å². The van der Waals surface area contributed by atoms with Gasteiger partial charge in [-0.2, -0.15) is 0 Å². The number of amides is 1. The Kier molecular flexibility index (Phi) is 5.14. The van der Waals surface area contributed by atoms with E-state index in [1.165, 1.54) is 12.1 Å². The SMILES string of the molecule is Cc1ccc(-c2nc(C(=O)Nc3ccc(C)c(C)c3)nn2-c2ccc(F)cc2)cc1. The van der Waals surface area contributed by atoms with Crippen LogP contribution in [0.5, 0.6) is 0 Å². The molecule has 0 saturated carbocycles. The quantitative estimate of drug-likeness (QED) is 0.509. The van der Waals surface area contributed by atoms with Gasteiger partial charge in [0.05, 0.1) is 5.69 Å². The van der Waals surface area contributed by atoms with E-state index in [0.29, 0.717) is 17.2 Å². The van der Waals surface area contributed by atoms with E-state index in [1.807, 2.05) is 63.2 Å². The van der Waals surface area contributed by atoms with Crippen molar-refractivity contribution >= 4 is 11.6 Å². The summed E-state index contributed by atoms with van der Waals surface area (Å²) in [5, 5.41) is 7.27. The number of rotatable bonds is 4. The summed E-state index contributed by atoms with van der Waals surface area (Å²) in [7, 11) is 0. The molecular formula is C24H21FN4O. The summed E-state index contributed by atoms with van der Waals surface area (Å²) in [6.07, 6.45) is 0. The summed E-state index contributed by atoms with van der Waals surface area (Å²) < 4.78 is 15.0. The van der Waals surface area contributed by atoms with E-state index in [0.717, 1.165) is 22.3 Å². The maximum atomic E-state index is 13.4. The number of nitrogens with one attached hydrogen (secondary N) is 1. The van der Waals surface area contributed by atoms with Crippen molar-refractivity contribution in [1.29, 1.82) is 0 Å². The monoisotopic (exact) mass is 400 g/mol. The van der Waals surface area contributed by atoms with Gasteiger partial charge < -0.3 is 5.32 Å². The Morgan fingerprint density at radius 1 is 0.900 bits per heavy atom. The van der Waals surface area contributed by atoms with Crippen molar-refractivity contribution in [1.82, 2.24) is 14.8 Å². The molecule has 150 valence electrons. The van der Waals surface area contributed by atoms with Crippen molar-refractivity contribution in [3.63, 3.8) is 0 Å². The number of aromatic nitrogens is 3. The molecule has 0 spiro atoms.